The number of hydrogen-bond acceptors (Lipinski definition) is 3. The van der Waals surface area contributed by atoms with E-state index in [0.717, 1.165) is 17.7 Å². The molecular weight excluding hydrogens is 309 g/mol. The lowest BCUT2D eigenvalue weighted by molar-refractivity contribution is 1.10. The minimum Gasteiger partial charge on any atom is -0.382 e. The maximum atomic E-state index is 5.76. The quantitative estimate of drug-likeness (QED) is 0.836. The topological polar surface area (TPSA) is 54.7 Å². The number of H-pyrrole nitrogens is 1. The van der Waals surface area contributed by atoms with Gasteiger partial charge in [-0.05, 0) is 35.1 Å². The van der Waals surface area contributed by atoms with E-state index < -0.39 is 0 Å². The number of thiophene rings is 1. The van der Waals surface area contributed by atoms with Crippen molar-refractivity contribution >= 4 is 39.7 Å². The van der Waals surface area contributed by atoms with Gasteiger partial charge in [0.1, 0.15) is 5.82 Å². The Bertz CT molecular complexity index is 447. The minimum absolute atomic E-state index is 0.615. The molecule has 2 heterocycles. The molecule has 0 aromatic carbocycles. The smallest absolute Gasteiger partial charge is 0.149 e. The Hall–Kier alpha value is -0.560. The van der Waals surface area contributed by atoms with E-state index in [1.54, 1.807) is 11.3 Å². The molecule has 0 radical (unpaired) electrons. The van der Waals surface area contributed by atoms with Crippen LogP contribution < -0.4 is 5.73 Å². The van der Waals surface area contributed by atoms with E-state index in [1.807, 2.05) is 0 Å². The van der Waals surface area contributed by atoms with Crippen LogP contribution >= 0.6 is 33.9 Å². The third-order valence-electron chi connectivity index (χ3n) is 2.11. The molecule has 0 aliphatic carbocycles. The fourth-order valence-corrected chi connectivity index (χ4v) is 2.75. The minimum atomic E-state index is 0.615. The van der Waals surface area contributed by atoms with Crippen molar-refractivity contribution in [2.75, 3.05) is 5.73 Å². The predicted molar refractivity (Wildman–Crippen MR) is 68.4 cm³/mol. The molecule has 0 amide bonds. The average Bonchev–Trinajstić information content (AvgIpc) is 2.71. The summed E-state index contributed by atoms with van der Waals surface area (Å²) in [6.07, 6.45) is 0.907. The Morgan fingerprint density at radius 3 is 3.00 bits per heavy atom. The standard InChI is InChI=1S/C9H10IN3S/c1-2-6-8(12-13-9(6)11)5-3-7(10)14-4-5/h3-4H,2H2,1H3,(H3,11,12,13). The highest BCUT2D eigenvalue weighted by Crippen LogP contribution is 2.29. The maximum absolute atomic E-state index is 5.76. The number of rotatable bonds is 2. The lowest BCUT2D eigenvalue weighted by Gasteiger charge is -1.97. The van der Waals surface area contributed by atoms with Gasteiger partial charge >= 0.3 is 0 Å². The van der Waals surface area contributed by atoms with Crippen LogP contribution in [0.2, 0.25) is 0 Å². The van der Waals surface area contributed by atoms with Crippen molar-refractivity contribution in [1.82, 2.24) is 10.2 Å². The van der Waals surface area contributed by atoms with Gasteiger partial charge in [-0.25, -0.2) is 0 Å². The van der Waals surface area contributed by atoms with Gasteiger partial charge in [0, 0.05) is 16.5 Å². The van der Waals surface area contributed by atoms with Crippen LogP contribution in [0.3, 0.4) is 0 Å². The first-order chi connectivity index (χ1) is 6.72. The summed E-state index contributed by atoms with van der Waals surface area (Å²) in [5.41, 5.74) is 9.11. The maximum Gasteiger partial charge on any atom is 0.149 e. The molecule has 0 aliphatic heterocycles. The highest BCUT2D eigenvalue weighted by molar-refractivity contribution is 14.1. The molecule has 2 rings (SSSR count). The van der Waals surface area contributed by atoms with Gasteiger partial charge in [0.15, 0.2) is 0 Å². The zero-order valence-corrected chi connectivity index (χ0v) is 10.6. The number of hydrogen-bond donors (Lipinski definition) is 2. The fraction of sp³-hybridized carbons (Fsp3) is 0.222. The lowest BCUT2D eigenvalue weighted by atomic mass is 10.1. The Kier molecular flexibility index (Phi) is 2.78. The number of aromatic amines is 1. The van der Waals surface area contributed by atoms with E-state index in [1.165, 1.54) is 8.45 Å². The summed E-state index contributed by atoms with van der Waals surface area (Å²) in [4.78, 5) is 0. The van der Waals surface area contributed by atoms with Gasteiger partial charge in [0.2, 0.25) is 0 Å². The molecule has 2 aromatic heterocycles. The summed E-state index contributed by atoms with van der Waals surface area (Å²) in [6.45, 7) is 2.09. The molecular formula is C9H10IN3S. The number of halogens is 1. The largest absolute Gasteiger partial charge is 0.382 e. The molecule has 5 heteroatoms. The summed E-state index contributed by atoms with van der Waals surface area (Å²) in [5.74, 6) is 0.615. The first-order valence-corrected chi connectivity index (χ1v) is 6.25. The Morgan fingerprint density at radius 2 is 2.43 bits per heavy atom. The van der Waals surface area contributed by atoms with Crippen molar-refractivity contribution in [2.45, 2.75) is 13.3 Å². The number of nitrogen functional groups attached to an aromatic ring is 1. The van der Waals surface area contributed by atoms with E-state index >= 15 is 0 Å². The molecule has 0 saturated carbocycles. The van der Waals surface area contributed by atoms with Crippen molar-refractivity contribution < 1.29 is 0 Å². The lowest BCUT2D eigenvalue weighted by Crippen LogP contribution is -1.90. The number of nitrogens with one attached hydrogen (secondary N) is 1. The van der Waals surface area contributed by atoms with Crippen molar-refractivity contribution in [3.8, 4) is 11.3 Å². The number of aromatic nitrogens is 2. The normalized spacial score (nSPS) is 10.7. The van der Waals surface area contributed by atoms with Crippen LogP contribution in [0.5, 0.6) is 0 Å². The zero-order valence-electron chi connectivity index (χ0n) is 7.67. The van der Waals surface area contributed by atoms with E-state index in [4.69, 9.17) is 5.73 Å². The van der Waals surface area contributed by atoms with E-state index in [-0.39, 0.29) is 0 Å². The second-order valence-corrected chi connectivity index (χ2v) is 5.76. The van der Waals surface area contributed by atoms with E-state index in [2.05, 4.69) is 51.2 Å². The monoisotopic (exact) mass is 319 g/mol. The molecule has 0 atom stereocenters. The number of nitrogens with zero attached hydrogens (tertiary/aromatic N) is 1. The third-order valence-corrected chi connectivity index (χ3v) is 3.90. The molecule has 0 saturated heterocycles. The van der Waals surface area contributed by atoms with Gasteiger partial charge in [-0.2, -0.15) is 5.10 Å². The van der Waals surface area contributed by atoms with E-state index in [0.29, 0.717) is 5.82 Å². The van der Waals surface area contributed by atoms with Crippen LogP contribution in [0, 0.1) is 2.88 Å². The van der Waals surface area contributed by atoms with Crippen LogP contribution in [-0.2, 0) is 6.42 Å². The van der Waals surface area contributed by atoms with Crippen molar-refractivity contribution in [3.05, 3.63) is 19.9 Å². The molecule has 0 aliphatic rings. The van der Waals surface area contributed by atoms with Crippen LogP contribution in [0.25, 0.3) is 11.3 Å². The summed E-state index contributed by atoms with van der Waals surface area (Å²) >= 11 is 4.04. The Morgan fingerprint density at radius 1 is 1.64 bits per heavy atom. The van der Waals surface area contributed by atoms with Gasteiger partial charge in [0.05, 0.1) is 8.58 Å². The van der Waals surface area contributed by atoms with Crippen molar-refractivity contribution in [3.63, 3.8) is 0 Å². The van der Waals surface area contributed by atoms with Crippen LogP contribution in [-0.4, -0.2) is 10.2 Å². The van der Waals surface area contributed by atoms with Gasteiger partial charge in [-0.3, -0.25) is 5.10 Å². The molecule has 14 heavy (non-hydrogen) atoms. The number of anilines is 1. The first kappa shape index (κ1) is 9.97. The van der Waals surface area contributed by atoms with Gasteiger partial charge in [0.25, 0.3) is 0 Å². The highest BCUT2D eigenvalue weighted by atomic mass is 127. The Balaban J connectivity index is 2.51. The predicted octanol–water partition coefficient (Wildman–Crippen LogP) is 2.89. The van der Waals surface area contributed by atoms with Crippen LogP contribution in [0.1, 0.15) is 12.5 Å². The Labute approximate surface area is 99.9 Å². The number of nitrogens with two attached hydrogens (primary N) is 1. The van der Waals surface area contributed by atoms with Gasteiger partial charge in [-0.1, -0.05) is 6.92 Å². The van der Waals surface area contributed by atoms with Gasteiger partial charge in [-0.15, -0.1) is 11.3 Å². The van der Waals surface area contributed by atoms with Crippen molar-refractivity contribution in [2.24, 2.45) is 0 Å². The SMILES string of the molecule is CCc1c(N)n[nH]c1-c1csc(I)c1. The molecule has 0 bridgehead atoms. The second-order valence-electron chi connectivity index (χ2n) is 2.96. The first-order valence-electron chi connectivity index (χ1n) is 4.29. The van der Waals surface area contributed by atoms with Gasteiger partial charge < -0.3 is 5.73 Å². The third kappa shape index (κ3) is 1.66. The summed E-state index contributed by atoms with van der Waals surface area (Å²) in [6, 6.07) is 2.14. The summed E-state index contributed by atoms with van der Waals surface area (Å²) in [7, 11) is 0. The molecule has 0 fully saturated rings. The average molecular weight is 319 g/mol. The molecule has 74 valence electrons. The van der Waals surface area contributed by atoms with Crippen LogP contribution in [0.4, 0.5) is 5.82 Å². The second kappa shape index (κ2) is 3.90. The molecule has 3 N–H and O–H groups in total. The molecule has 3 nitrogen and oxygen atoms in total. The van der Waals surface area contributed by atoms with E-state index in [9.17, 15) is 0 Å². The molecule has 0 unspecified atom stereocenters. The van der Waals surface area contributed by atoms with Crippen LogP contribution in [0.15, 0.2) is 11.4 Å². The highest BCUT2D eigenvalue weighted by Gasteiger charge is 2.11. The molecule has 2 aromatic rings. The zero-order chi connectivity index (χ0) is 10.1. The summed E-state index contributed by atoms with van der Waals surface area (Å²) < 4.78 is 1.27. The summed E-state index contributed by atoms with van der Waals surface area (Å²) in [5, 5.41) is 9.13. The van der Waals surface area contributed by atoms with Crippen molar-refractivity contribution in [1.29, 1.82) is 0 Å². The molecule has 0 spiro atoms. The fourth-order valence-electron chi connectivity index (χ4n) is 1.42.